The van der Waals surface area contributed by atoms with E-state index in [1.165, 1.54) is 17.3 Å². The predicted molar refractivity (Wildman–Crippen MR) is 63.7 cm³/mol. The van der Waals surface area contributed by atoms with E-state index < -0.39 is 0 Å². The molecule has 0 unspecified atom stereocenters. The van der Waals surface area contributed by atoms with Gasteiger partial charge < -0.3 is 4.57 Å². The van der Waals surface area contributed by atoms with E-state index in [-0.39, 0.29) is 0 Å². The zero-order chi connectivity index (χ0) is 11.7. The van der Waals surface area contributed by atoms with Crippen LogP contribution in [0.25, 0.3) is 11.0 Å². The average Bonchev–Trinajstić information content (AvgIpc) is 2.96. The van der Waals surface area contributed by atoms with Gasteiger partial charge in [-0.1, -0.05) is 12.1 Å². The van der Waals surface area contributed by atoms with Crippen molar-refractivity contribution in [2.24, 2.45) is 12.1 Å². The van der Waals surface area contributed by atoms with Crippen molar-refractivity contribution >= 4 is 17.2 Å². The van der Waals surface area contributed by atoms with Crippen molar-refractivity contribution in [2.75, 3.05) is 0 Å². The van der Waals surface area contributed by atoms with E-state index in [1.54, 1.807) is 6.21 Å². The van der Waals surface area contributed by atoms with Crippen LogP contribution in [0.3, 0.4) is 0 Å². The Morgan fingerprint density at radius 1 is 1.18 bits per heavy atom. The molecule has 0 saturated heterocycles. The Labute approximate surface area is 97.2 Å². The van der Waals surface area contributed by atoms with Crippen molar-refractivity contribution in [2.45, 2.75) is 0 Å². The molecule has 6 nitrogen and oxygen atoms in total. The van der Waals surface area contributed by atoms with Gasteiger partial charge in [-0.15, -0.1) is 10.2 Å². The Bertz CT molecular complexity index is 664. The van der Waals surface area contributed by atoms with Crippen molar-refractivity contribution < 1.29 is 0 Å². The number of fused-ring (bicyclic) bond motifs is 1. The Morgan fingerprint density at radius 2 is 1.94 bits per heavy atom. The van der Waals surface area contributed by atoms with Gasteiger partial charge in [0.15, 0.2) is 5.82 Å². The zero-order valence-corrected chi connectivity index (χ0v) is 9.22. The lowest BCUT2D eigenvalue weighted by Crippen LogP contribution is -1.97. The van der Waals surface area contributed by atoms with Gasteiger partial charge in [0.05, 0.1) is 17.2 Å². The normalized spacial score (nSPS) is 11.6. The highest BCUT2D eigenvalue weighted by Crippen LogP contribution is 2.12. The Hall–Kier alpha value is -2.50. The summed E-state index contributed by atoms with van der Waals surface area (Å²) in [4.78, 5) is 4.47. The Balaban J connectivity index is 2.03. The van der Waals surface area contributed by atoms with E-state index in [1.807, 2.05) is 35.9 Å². The van der Waals surface area contributed by atoms with Crippen molar-refractivity contribution in [3.8, 4) is 0 Å². The second-order valence-electron chi connectivity index (χ2n) is 3.60. The molecule has 0 bridgehead atoms. The molecule has 0 amide bonds. The molecule has 0 aliphatic heterocycles. The maximum Gasteiger partial charge on any atom is 0.153 e. The molecule has 0 aliphatic rings. The standard InChI is InChI=1S/C11H10N6/c1-16-10-5-3-2-4-9(10)15-11(16)6-14-17-7-12-13-8-17/h2-8H,1H3/b14-6-. The third-order valence-electron chi connectivity index (χ3n) is 2.53. The van der Waals surface area contributed by atoms with Gasteiger partial charge in [0, 0.05) is 7.05 Å². The third-order valence-corrected chi connectivity index (χ3v) is 2.53. The first-order chi connectivity index (χ1) is 8.34. The van der Waals surface area contributed by atoms with E-state index in [9.17, 15) is 0 Å². The van der Waals surface area contributed by atoms with Crippen LogP contribution in [-0.2, 0) is 7.05 Å². The molecule has 2 heterocycles. The van der Waals surface area contributed by atoms with Crippen LogP contribution < -0.4 is 0 Å². The number of rotatable bonds is 2. The molecular weight excluding hydrogens is 216 g/mol. The van der Waals surface area contributed by atoms with Gasteiger partial charge in [-0.3, -0.25) is 0 Å². The summed E-state index contributed by atoms with van der Waals surface area (Å²) >= 11 is 0. The monoisotopic (exact) mass is 226 g/mol. The molecule has 0 aliphatic carbocycles. The molecule has 1 aromatic carbocycles. The summed E-state index contributed by atoms with van der Waals surface area (Å²) in [6.45, 7) is 0. The van der Waals surface area contributed by atoms with Crippen LogP contribution in [0.5, 0.6) is 0 Å². The van der Waals surface area contributed by atoms with Crippen LogP contribution in [0.2, 0.25) is 0 Å². The van der Waals surface area contributed by atoms with Crippen LogP contribution in [0.15, 0.2) is 42.0 Å². The minimum Gasteiger partial charge on any atom is -0.326 e. The molecular formula is C11H10N6. The summed E-state index contributed by atoms with van der Waals surface area (Å²) in [5, 5.41) is 11.5. The quantitative estimate of drug-likeness (QED) is 0.613. The first kappa shape index (κ1) is 9.71. The van der Waals surface area contributed by atoms with Gasteiger partial charge in [-0.05, 0) is 12.1 Å². The molecule has 0 N–H and O–H groups in total. The van der Waals surface area contributed by atoms with Crippen LogP contribution in [0, 0.1) is 0 Å². The fourth-order valence-electron chi connectivity index (χ4n) is 1.65. The van der Waals surface area contributed by atoms with Gasteiger partial charge in [0.25, 0.3) is 0 Å². The minimum absolute atomic E-state index is 0.792. The lowest BCUT2D eigenvalue weighted by atomic mass is 10.3. The lowest BCUT2D eigenvalue weighted by Gasteiger charge is -1.95. The Morgan fingerprint density at radius 3 is 2.71 bits per heavy atom. The fraction of sp³-hybridized carbons (Fsp3) is 0.0909. The van der Waals surface area contributed by atoms with Gasteiger partial charge in [0.2, 0.25) is 0 Å². The second kappa shape index (κ2) is 3.82. The average molecular weight is 226 g/mol. The fourth-order valence-corrected chi connectivity index (χ4v) is 1.65. The van der Waals surface area contributed by atoms with Crippen molar-refractivity contribution in [1.29, 1.82) is 0 Å². The molecule has 0 atom stereocenters. The number of para-hydroxylation sites is 2. The van der Waals surface area contributed by atoms with Crippen molar-refractivity contribution in [1.82, 2.24) is 24.4 Å². The maximum absolute atomic E-state index is 4.47. The van der Waals surface area contributed by atoms with Crippen LogP contribution in [0.4, 0.5) is 0 Å². The van der Waals surface area contributed by atoms with Crippen LogP contribution in [0.1, 0.15) is 5.82 Å². The summed E-state index contributed by atoms with van der Waals surface area (Å²) in [5.41, 5.74) is 2.04. The topological polar surface area (TPSA) is 60.9 Å². The molecule has 6 heteroatoms. The van der Waals surface area contributed by atoms with Crippen molar-refractivity contribution in [3.63, 3.8) is 0 Å². The van der Waals surface area contributed by atoms with Crippen molar-refractivity contribution in [3.05, 3.63) is 42.7 Å². The first-order valence-electron chi connectivity index (χ1n) is 5.15. The second-order valence-corrected chi connectivity index (χ2v) is 3.60. The van der Waals surface area contributed by atoms with Crippen LogP contribution in [-0.4, -0.2) is 30.6 Å². The highest BCUT2D eigenvalue weighted by Gasteiger charge is 2.03. The SMILES string of the molecule is Cn1c(/C=N\n2cnnc2)nc2ccccc21. The third kappa shape index (κ3) is 1.69. The Kier molecular flexibility index (Phi) is 2.18. The van der Waals surface area contributed by atoms with Gasteiger partial charge in [-0.25, -0.2) is 9.66 Å². The highest BCUT2D eigenvalue weighted by molar-refractivity contribution is 5.84. The lowest BCUT2D eigenvalue weighted by molar-refractivity contribution is 0.867. The van der Waals surface area contributed by atoms with Gasteiger partial charge in [-0.2, -0.15) is 5.10 Å². The van der Waals surface area contributed by atoms with E-state index in [2.05, 4.69) is 20.3 Å². The van der Waals surface area contributed by atoms with E-state index in [4.69, 9.17) is 0 Å². The molecule has 84 valence electrons. The number of hydrogen-bond acceptors (Lipinski definition) is 4. The molecule has 3 aromatic rings. The minimum atomic E-state index is 0.792. The maximum atomic E-state index is 4.47. The molecule has 0 fully saturated rings. The smallest absolute Gasteiger partial charge is 0.153 e. The molecule has 17 heavy (non-hydrogen) atoms. The summed E-state index contributed by atoms with van der Waals surface area (Å²) in [6.07, 6.45) is 4.74. The van der Waals surface area contributed by atoms with E-state index >= 15 is 0 Å². The predicted octanol–water partition coefficient (Wildman–Crippen LogP) is 1.05. The largest absolute Gasteiger partial charge is 0.326 e. The van der Waals surface area contributed by atoms with E-state index in [0.717, 1.165) is 16.9 Å². The summed E-state index contributed by atoms with van der Waals surface area (Å²) in [6, 6.07) is 7.96. The number of benzene rings is 1. The molecule has 0 saturated carbocycles. The number of imidazole rings is 1. The number of nitrogens with zero attached hydrogens (tertiary/aromatic N) is 6. The highest BCUT2D eigenvalue weighted by atomic mass is 15.4. The number of aryl methyl sites for hydroxylation is 1. The van der Waals surface area contributed by atoms with Crippen LogP contribution >= 0.6 is 0 Å². The zero-order valence-electron chi connectivity index (χ0n) is 9.22. The summed E-state index contributed by atoms with van der Waals surface area (Å²) in [5.74, 6) is 0.792. The number of hydrogen-bond donors (Lipinski definition) is 0. The molecule has 0 spiro atoms. The number of aromatic nitrogens is 5. The van der Waals surface area contributed by atoms with Gasteiger partial charge in [0.1, 0.15) is 12.7 Å². The molecule has 3 rings (SSSR count). The van der Waals surface area contributed by atoms with E-state index in [0.29, 0.717) is 0 Å². The molecule has 2 aromatic heterocycles. The summed E-state index contributed by atoms with van der Waals surface area (Å²) < 4.78 is 3.52. The molecule has 0 radical (unpaired) electrons. The first-order valence-corrected chi connectivity index (χ1v) is 5.15. The summed E-state index contributed by atoms with van der Waals surface area (Å²) in [7, 11) is 1.96. The van der Waals surface area contributed by atoms with Gasteiger partial charge >= 0.3 is 0 Å².